The maximum absolute atomic E-state index is 8.67. The molecule has 0 saturated carbocycles. The van der Waals surface area contributed by atoms with Crippen molar-refractivity contribution in [2.75, 3.05) is 18.3 Å². The predicted octanol–water partition coefficient (Wildman–Crippen LogP) is 2.54. The molecular weight excluding hydrogens is 243 g/mol. The molecule has 0 bridgehead atoms. The van der Waals surface area contributed by atoms with Crippen LogP contribution in [0.2, 0.25) is 0 Å². The number of benzene rings is 1. The van der Waals surface area contributed by atoms with Gasteiger partial charge in [0.15, 0.2) is 0 Å². The number of nitrogens with one attached hydrogen (secondary N) is 1. The van der Waals surface area contributed by atoms with Gasteiger partial charge in [0.25, 0.3) is 0 Å². The monoisotopic (exact) mass is 256 g/mol. The lowest BCUT2D eigenvalue weighted by atomic mass is 10.1. The molecule has 1 atom stereocenters. The lowest BCUT2D eigenvalue weighted by molar-refractivity contribution is 0.572. The second kappa shape index (κ2) is 7.51. The lowest BCUT2D eigenvalue weighted by Gasteiger charge is -2.15. The third-order valence-corrected chi connectivity index (χ3v) is 2.84. The van der Waals surface area contributed by atoms with Gasteiger partial charge >= 0.3 is 0 Å². The number of rotatable bonds is 6. The fourth-order valence-electron chi connectivity index (χ4n) is 1.44. The minimum absolute atomic E-state index is 0.230. The van der Waals surface area contributed by atoms with E-state index >= 15 is 0 Å². The highest BCUT2D eigenvalue weighted by Crippen LogP contribution is 2.07. The number of halogens is 2. The first kappa shape index (κ1) is 13.3. The van der Waals surface area contributed by atoms with E-state index in [9.17, 15) is 0 Å². The lowest BCUT2D eigenvalue weighted by Crippen LogP contribution is -2.34. The van der Waals surface area contributed by atoms with Crippen LogP contribution in [0.5, 0.6) is 0 Å². The number of nitrogens with zero attached hydrogens (tertiary/aromatic N) is 1. The summed E-state index contributed by atoms with van der Waals surface area (Å²) in [5.74, 6) is 1.14. The number of hydrogen-bond acceptors (Lipinski definition) is 2. The van der Waals surface area contributed by atoms with Crippen LogP contribution in [0.15, 0.2) is 24.3 Å². The van der Waals surface area contributed by atoms with E-state index in [1.165, 1.54) is 5.56 Å². The van der Waals surface area contributed by atoms with E-state index in [1.54, 1.807) is 0 Å². The summed E-state index contributed by atoms with van der Waals surface area (Å²) in [6, 6.07) is 9.89. The van der Waals surface area contributed by atoms with Crippen molar-refractivity contribution in [3.8, 4) is 6.07 Å². The Labute approximate surface area is 106 Å². The Balaban J connectivity index is 2.53. The SMILES string of the molecule is N#Cc1ccc(CC(CCl)NCCCl)cc1. The summed E-state index contributed by atoms with van der Waals surface area (Å²) in [4.78, 5) is 0. The Bertz CT molecular complexity index is 343. The van der Waals surface area contributed by atoms with Crippen LogP contribution in [-0.4, -0.2) is 24.3 Å². The van der Waals surface area contributed by atoms with Gasteiger partial charge in [-0.15, -0.1) is 23.2 Å². The van der Waals surface area contributed by atoms with Gasteiger partial charge < -0.3 is 5.32 Å². The third-order valence-electron chi connectivity index (χ3n) is 2.28. The van der Waals surface area contributed by atoms with E-state index in [0.717, 1.165) is 13.0 Å². The molecule has 0 spiro atoms. The van der Waals surface area contributed by atoms with E-state index in [4.69, 9.17) is 28.5 Å². The highest BCUT2D eigenvalue weighted by atomic mass is 35.5. The average Bonchev–Trinajstić information content (AvgIpc) is 2.35. The zero-order valence-electron chi connectivity index (χ0n) is 8.92. The van der Waals surface area contributed by atoms with Crippen molar-refractivity contribution in [2.24, 2.45) is 0 Å². The van der Waals surface area contributed by atoms with Gasteiger partial charge in [-0.2, -0.15) is 5.26 Å². The van der Waals surface area contributed by atoms with Crippen molar-refractivity contribution in [2.45, 2.75) is 12.5 Å². The maximum Gasteiger partial charge on any atom is 0.0991 e. The second-order valence-corrected chi connectivity index (χ2v) is 4.19. The fourth-order valence-corrected chi connectivity index (χ4v) is 1.77. The van der Waals surface area contributed by atoms with Crippen LogP contribution in [-0.2, 0) is 6.42 Å². The van der Waals surface area contributed by atoms with Gasteiger partial charge in [0.05, 0.1) is 11.6 Å². The first-order valence-electron chi connectivity index (χ1n) is 5.14. The first-order chi connectivity index (χ1) is 7.80. The molecule has 86 valence electrons. The highest BCUT2D eigenvalue weighted by Gasteiger charge is 2.07. The summed E-state index contributed by atoms with van der Waals surface area (Å²) in [6.45, 7) is 0.759. The molecule has 1 aromatic rings. The molecule has 0 aliphatic rings. The van der Waals surface area contributed by atoms with Crippen LogP contribution in [0, 0.1) is 11.3 Å². The largest absolute Gasteiger partial charge is 0.311 e. The van der Waals surface area contributed by atoms with Gasteiger partial charge in [0.1, 0.15) is 0 Å². The molecule has 0 aliphatic carbocycles. The van der Waals surface area contributed by atoms with E-state index < -0.39 is 0 Å². The quantitative estimate of drug-likeness (QED) is 0.795. The second-order valence-electron chi connectivity index (χ2n) is 3.51. The topological polar surface area (TPSA) is 35.8 Å². The summed E-state index contributed by atoms with van der Waals surface area (Å²) in [5.41, 5.74) is 1.85. The third kappa shape index (κ3) is 4.40. The molecule has 2 nitrogen and oxygen atoms in total. The smallest absolute Gasteiger partial charge is 0.0991 e. The van der Waals surface area contributed by atoms with Crippen LogP contribution < -0.4 is 5.32 Å². The molecule has 0 heterocycles. The number of hydrogen-bond donors (Lipinski definition) is 1. The Hall–Kier alpha value is -0.750. The molecule has 0 aliphatic heterocycles. The Morgan fingerprint density at radius 2 is 1.94 bits per heavy atom. The maximum atomic E-state index is 8.67. The van der Waals surface area contributed by atoms with Crippen LogP contribution in [0.1, 0.15) is 11.1 Å². The molecule has 0 radical (unpaired) electrons. The minimum atomic E-state index is 0.230. The van der Waals surface area contributed by atoms with Crippen molar-refractivity contribution >= 4 is 23.2 Å². The summed E-state index contributed by atoms with van der Waals surface area (Å²) in [6.07, 6.45) is 0.853. The van der Waals surface area contributed by atoms with Crippen LogP contribution >= 0.6 is 23.2 Å². The molecule has 1 rings (SSSR count). The van der Waals surface area contributed by atoms with Gasteiger partial charge in [-0.1, -0.05) is 12.1 Å². The molecule has 16 heavy (non-hydrogen) atoms. The van der Waals surface area contributed by atoms with Gasteiger partial charge in [0.2, 0.25) is 0 Å². The summed E-state index contributed by atoms with van der Waals surface area (Å²) >= 11 is 11.5. The molecule has 0 amide bonds. The molecular formula is C12H14Cl2N2. The predicted molar refractivity (Wildman–Crippen MR) is 68.1 cm³/mol. The standard InChI is InChI=1S/C12H14Cl2N2/c13-5-6-16-12(8-14)7-10-1-3-11(9-15)4-2-10/h1-4,12,16H,5-8H2. The van der Waals surface area contributed by atoms with Crippen molar-refractivity contribution in [1.82, 2.24) is 5.32 Å². The van der Waals surface area contributed by atoms with E-state index in [1.807, 2.05) is 24.3 Å². The number of alkyl halides is 2. The first-order valence-corrected chi connectivity index (χ1v) is 6.21. The molecule has 0 saturated heterocycles. The summed E-state index contributed by atoms with van der Waals surface area (Å²) in [7, 11) is 0. The fraction of sp³-hybridized carbons (Fsp3) is 0.417. The van der Waals surface area contributed by atoms with Crippen LogP contribution in [0.3, 0.4) is 0 Å². The van der Waals surface area contributed by atoms with Crippen molar-refractivity contribution in [3.05, 3.63) is 35.4 Å². The van der Waals surface area contributed by atoms with Crippen molar-refractivity contribution in [1.29, 1.82) is 5.26 Å². The van der Waals surface area contributed by atoms with Crippen LogP contribution in [0.25, 0.3) is 0 Å². The van der Waals surface area contributed by atoms with Crippen molar-refractivity contribution in [3.63, 3.8) is 0 Å². The molecule has 0 fully saturated rings. The zero-order valence-corrected chi connectivity index (χ0v) is 10.4. The number of nitriles is 1. The van der Waals surface area contributed by atoms with E-state index in [2.05, 4.69) is 11.4 Å². The summed E-state index contributed by atoms with van der Waals surface area (Å²) in [5, 5.41) is 11.9. The van der Waals surface area contributed by atoms with E-state index in [-0.39, 0.29) is 6.04 Å². The van der Waals surface area contributed by atoms with Gasteiger partial charge in [-0.05, 0) is 24.1 Å². The van der Waals surface area contributed by atoms with Crippen LogP contribution in [0.4, 0.5) is 0 Å². The van der Waals surface area contributed by atoms with Gasteiger partial charge in [0, 0.05) is 24.3 Å². The average molecular weight is 257 g/mol. The Kier molecular flexibility index (Phi) is 6.25. The summed E-state index contributed by atoms with van der Waals surface area (Å²) < 4.78 is 0. The molecule has 1 aromatic carbocycles. The molecule has 4 heteroatoms. The Morgan fingerprint density at radius 1 is 1.25 bits per heavy atom. The minimum Gasteiger partial charge on any atom is -0.311 e. The molecule has 0 aromatic heterocycles. The highest BCUT2D eigenvalue weighted by molar-refractivity contribution is 6.18. The van der Waals surface area contributed by atoms with E-state index in [0.29, 0.717) is 17.3 Å². The normalized spacial score (nSPS) is 12.1. The molecule has 1 unspecified atom stereocenters. The van der Waals surface area contributed by atoms with Gasteiger partial charge in [-0.3, -0.25) is 0 Å². The zero-order chi connectivity index (χ0) is 11.8. The molecule has 1 N–H and O–H groups in total. The Morgan fingerprint density at radius 3 is 2.44 bits per heavy atom. The van der Waals surface area contributed by atoms with Gasteiger partial charge in [-0.25, -0.2) is 0 Å². The van der Waals surface area contributed by atoms with Crippen molar-refractivity contribution < 1.29 is 0 Å².